The van der Waals surface area contributed by atoms with Crippen LogP contribution in [0.3, 0.4) is 0 Å². The molecule has 2 aliphatic rings. The third-order valence-electron chi connectivity index (χ3n) is 7.71. The Balaban J connectivity index is 1.57. The zero-order valence-corrected chi connectivity index (χ0v) is 23.5. The molecule has 210 valence electrons. The highest BCUT2D eigenvalue weighted by molar-refractivity contribution is 5.93. The quantitative estimate of drug-likeness (QED) is 0.484. The number of ether oxygens (including phenoxy) is 1. The number of fused-ring (bicyclic) bond motifs is 1. The summed E-state index contributed by atoms with van der Waals surface area (Å²) in [6.45, 7) is 9.30. The van der Waals surface area contributed by atoms with Crippen molar-refractivity contribution in [3.05, 3.63) is 65.2 Å². The van der Waals surface area contributed by atoms with E-state index in [9.17, 15) is 14.4 Å². The first-order chi connectivity index (χ1) is 18.6. The number of amides is 3. The number of para-hydroxylation sites is 1. The molecule has 8 nitrogen and oxygen atoms in total. The van der Waals surface area contributed by atoms with E-state index in [2.05, 4.69) is 41.2 Å². The first kappa shape index (κ1) is 28.6. The number of hydrogen-bond donors (Lipinski definition) is 4. The summed E-state index contributed by atoms with van der Waals surface area (Å²) in [4.78, 5) is 39.6. The molecule has 2 aromatic carbocycles. The van der Waals surface area contributed by atoms with Crippen LogP contribution in [-0.4, -0.2) is 55.5 Å². The predicted molar refractivity (Wildman–Crippen MR) is 152 cm³/mol. The predicted octanol–water partition coefficient (Wildman–Crippen LogP) is 2.77. The van der Waals surface area contributed by atoms with Gasteiger partial charge >= 0.3 is 0 Å². The van der Waals surface area contributed by atoms with Crippen molar-refractivity contribution in [2.45, 2.75) is 76.9 Å². The normalized spacial score (nSPS) is 25.1. The lowest BCUT2D eigenvalue weighted by molar-refractivity contribution is -0.132. The van der Waals surface area contributed by atoms with Crippen LogP contribution in [0.15, 0.2) is 48.5 Å². The van der Waals surface area contributed by atoms with Crippen LogP contribution in [0.25, 0.3) is 0 Å². The first-order valence-corrected chi connectivity index (χ1v) is 14.0. The molecule has 1 fully saturated rings. The van der Waals surface area contributed by atoms with E-state index in [0.717, 1.165) is 35.3 Å². The van der Waals surface area contributed by atoms with Crippen molar-refractivity contribution in [1.29, 1.82) is 0 Å². The van der Waals surface area contributed by atoms with Crippen LogP contribution in [0.2, 0.25) is 0 Å². The molecule has 0 aromatic heterocycles. The maximum Gasteiger partial charge on any atom is 0.242 e. The molecule has 0 saturated heterocycles. The van der Waals surface area contributed by atoms with Crippen molar-refractivity contribution >= 4 is 17.7 Å². The second kappa shape index (κ2) is 12.6. The Hall–Kier alpha value is -3.39. The van der Waals surface area contributed by atoms with Crippen LogP contribution < -0.4 is 26.0 Å². The number of carbonyl (C=O) groups excluding carboxylic acids is 3. The molecule has 3 atom stereocenters. The van der Waals surface area contributed by atoms with Gasteiger partial charge in [-0.3, -0.25) is 14.4 Å². The Bertz CT molecular complexity index is 1160. The van der Waals surface area contributed by atoms with Crippen molar-refractivity contribution in [2.75, 3.05) is 19.7 Å². The lowest BCUT2D eigenvalue weighted by atomic mass is 9.81. The fourth-order valence-corrected chi connectivity index (χ4v) is 5.02. The highest BCUT2D eigenvalue weighted by atomic mass is 16.5. The molecule has 1 aliphatic carbocycles. The van der Waals surface area contributed by atoms with Crippen LogP contribution in [-0.2, 0) is 26.2 Å². The van der Waals surface area contributed by atoms with Crippen LogP contribution in [0.5, 0.6) is 5.75 Å². The number of hydrogen-bond acceptors (Lipinski definition) is 5. The summed E-state index contributed by atoms with van der Waals surface area (Å²) in [5, 5.41) is 12.1. The smallest absolute Gasteiger partial charge is 0.242 e. The third kappa shape index (κ3) is 7.82. The fraction of sp³-hybridized carbons (Fsp3) is 0.516. The van der Waals surface area contributed by atoms with Gasteiger partial charge in [0, 0.05) is 19.5 Å². The van der Waals surface area contributed by atoms with Crippen molar-refractivity contribution in [3.63, 3.8) is 0 Å². The van der Waals surface area contributed by atoms with E-state index in [1.807, 2.05) is 49.4 Å². The van der Waals surface area contributed by atoms with Crippen molar-refractivity contribution in [1.82, 2.24) is 21.3 Å². The zero-order valence-electron chi connectivity index (χ0n) is 23.5. The van der Waals surface area contributed by atoms with Crippen LogP contribution in [0, 0.1) is 12.8 Å². The third-order valence-corrected chi connectivity index (χ3v) is 7.71. The molecule has 4 rings (SSSR count). The Morgan fingerprint density at radius 2 is 1.62 bits per heavy atom. The molecular formula is C31H42N4O4. The molecule has 0 spiro atoms. The summed E-state index contributed by atoms with van der Waals surface area (Å²) < 4.78 is 6.16. The van der Waals surface area contributed by atoms with Crippen LogP contribution in [0.1, 0.15) is 56.7 Å². The molecule has 1 heterocycles. The van der Waals surface area contributed by atoms with Gasteiger partial charge in [0.15, 0.2) is 0 Å². The Labute approximate surface area is 231 Å². The van der Waals surface area contributed by atoms with E-state index in [-0.39, 0.29) is 35.1 Å². The van der Waals surface area contributed by atoms with Gasteiger partial charge in [0.1, 0.15) is 24.4 Å². The Kier molecular flexibility index (Phi) is 9.28. The number of aryl methyl sites for hydroxylation is 1. The average Bonchev–Trinajstić information content (AvgIpc) is 3.74. The second-order valence-electron chi connectivity index (χ2n) is 11.5. The maximum absolute atomic E-state index is 13.4. The highest BCUT2D eigenvalue weighted by Gasteiger charge is 2.37. The molecule has 4 N–H and O–H groups in total. The summed E-state index contributed by atoms with van der Waals surface area (Å²) in [5.74, 6) is 0.215. The lowest BCUT2D eigenvalue weighted by Crippen LogP contribution is -2.56. The van der Waals surface area contributed by atoms with E-state index in [0.29, 0.717) is 32.5 Å². The molecule has 0 unspecified atom stereocenters. The van der Waals surface area contributed by atoms with E-state index < -0.39 is 12.1 Å². The SMILES string of the molecule is Cc1ccc(C[C@H]2NC(=O)[C@@H](C)NC(=O)[C@H](C3CC3)NCCOc3ccccc3C(C)(C)CCNC2=O)cc1. The molecule has 1 saturated carbocycles. The first-order valence-electron chi connectivity index (χ1n) is 14.0. The van der Waals surface area contributed by atoms with Gasteiger partial charge in [0.05, 0.1) is 6.04 Å². The largest absolute Gasteiger partial charge is 0.492 e. The topological polar surface area (TPSA) is 109 Å². The molecule has 39 heavy (non-hydrogen) atoms. The number of carbonyl (C=O) groups is 3. The number of rotatable bonds is 3. The summed E-state index contributed by atoms with van der Waals surface area (Å²) in [7, 11) is 0. The average molecular weight is 535 g/mol. The monoisotopic (exact) mass is 534 g/mol. The second-order valence-corrected chi connectivity index (χ2v) is 11.5. The van der Waals surface area contributed by atoms with Crippen LogP contribution >= 0.6 is 0 Å². The molecular weight excluding hydrogens is 492 g/mol. The summed E-state index contributed by atoms with van der Waals surface area (Å²) in [6.07, 6.45) is 2.99. The van der Waals surface area contributed by atoms with E-state index >= 15 is 0 Å². The highest BCUT2D eigenvalue weighted by Crippen LogP contribution is 2.34. The van der Waals surface area contributed by atoms with Gasteiger partial charge in [-0.1, -0.05) is 61.9 Å². The van der Waals surface area contributed by atoms with E-state index in [1.54, 1.807) is 6.92 Å². The minimum Gasteiger partial charge on any atom is -0.492 e. The van der Waals surface area contributed by atoms with Crippen LogP contribution in [0.4, 0.5) is 0 Å². The van der Waals surface area contributed by atoms with Gasteiger partial charge in [0.25, 0.3) is 0 Å². The van der Waals surface area contributed by atoms with Gasteiger partial charge in [0.2, 0.25) is 17.7 Å². The molecule has 3 amide bonds. The lowest BCUT2D eigenvalue weighted by Gasteiger charge is -2.29. The number of nitrogens with one attached hydrogen (secondary N) is 4. The van der Waals surface area contributed by atoms with E-state index in [1.165, 1.54) is 0 Å². The molecule has 0 bridgehead atoms. The summed E-state index contributed by atoms with van der Waals surface area (Å²) in [5.41, 5.74) is 2.88. The van der Waals surface area contributed by atoms with Gasteiger partial charge in [-0.2, -0.15) is 0 Å². The maximum atomic E-state index is 13.4. The van der Waals surface area contributed by atoms with Crippen molar-refractivity contribution < 1.29 is 19.1 Å². The summed E-state index contributed by atoms with van der Waals surface area (Å²) >= 11 is 0. The zero-order chi connectivity index (χ0) is 28.0. The van der Waals surface area contributed by atoms with Crippen molar-refractivity contribution in [3.8, 4) is 5.75 Å². The standard InChI is InChI=1S/C31H42N4O4/c1-20-9-11-22(12-10-20)19-25-29(37)33-16-15-31(3,4)24-7-5-6-8-26(24)39-18-17-32-27(23-13-14-23)30(38)34-21(2)28(36)35-25/h5-12,21,23,25,27,32H,13-19H2,1-4H3,(H,33,37)(H,34,38)(H,35,36)/t21-,25-,27+/m1/s1. The van der Waals surface area contributed by atoms with Gasteiger partial charge in [-0.25, -0.2) is 0 Å². The van der Waals surface area contributed by atoms with Gasteiger partial charge < -0.3 is 26.0 Å². The minimum absolute atomic E-state index is 0.206. The Morgan fingerprint density at radius 3 is 2.33 bits per heavy atom. The molecule has 1 aliphatic heterocycles. The summed E-state index contributed by atoms with van der Waals surface area (Å²) in [6, 6.07) is 14.0. The van der Waals surface area contributed by atoms with E-state index in [4.69, 9.17) is 4.74 Å². The van der Waals surface area contributed by atoms with Crippen molar-refractivity contribution in [2.24, 2.45) is 5.92 Å². The Morgan fingerprint density at radius 1 is 0.897 bits per heavy atom. The molecule has 0 radical (unpaired) electrons. The molecule has 2 aromatic rings. The molecule has 8 heteroatoms. The van der Waals surface area contributed by atoms with Gasteiger partial charge in [-0.05, 0) is 61.6 Å². The van der Waals surface area contributed by atoms with Gasteiger partial charge in [-0.15, -0.1) is 0 Å². The minimum atomic E-state index is -0.783. The fourth-order valence-electron chi connectivity index (χ4n) is 5.02. The number of benzene rings is 2.